The van der Waals surface area contributed by atoms with Gasteiger partial charge in [0.25, 0.3) is 0 Å². The predicted octanol–water partition coefficient (Wildman–Crippen LogP) is 1.93. The van der Waals surface area contributed by atoms with Crippen molar-refractivity contribution in [2.45, 2.75) is 0 Å². The first-order chi connectivity index (χ1) is 3.72. The Hall–Kier alpha value is -0.310. The third-order valence-corrected chi connectivity index (χ3v) is 1.80. The molecular weight excluding hydrogens is 173 g/mol. The van der Waals surface area contributed by atoms with Crippen LogP contribution < -0.4 is 0 Å². The van der Waals surface area contributed by atoms with Crippen LogP contribution >= 0.6 is 15.9 Å². The Bertz CT molecular complexity index is 175. The number of nitrogens with zero attached hydrogens (tertiary/aromatic N) is 1. The SMILES string of the molecule is Cn1c(F)ccc1Br. The first-order valence-corrected chi connectivity index (χ1v) is 2.98. The Morgan fingerprint density at radius 1 is 1.62 bits per heavy atom. The largest absolute Gasteiger partial charge is 0.315 e. The van der Waals surface area contributed by atoms with Crippen molar-refractivity contribution in [2.24, 2.45) is 7.05 Å². The minimum absolute atomic E-state index is 0.225. The molecule has 0 radical (unpaired) electrons. The van der Waals surface area contributed by atoms with E-state index in [4.69, 9.17) is 0 Å². The fraction of sp³-hybridized carbons (Fsp3) is 0.200. The van der Waals surface area contributed by atoms with Crippen molar-refractivity contribution in [3.05, 3.63) is 22.7 Å². The third kappa shape index (κ3) is 0.777. The Kier molecular flexibility index (Phi) is 1.38. The van der Waals surface area contributed by atoms with Gasteiger partial charge in [-0.2, -0.15) is 4.39 Å². The van der Waals surface area contributed by atoms with Crippen LogP contribution in [0.3, 0.4) is 0 Å². The lowest BCUT2D eigenvalue weighted by atomic mass is 10.7. The van der Waals surface area contributed by atoms with Gasteiger partial charge in [-0.15, -0.1) is 0 Å². The smallest absolute Gasteiger partial charge is 0.194 e. The minimum Gasteiger partial charge on any atom is -0.315 e. The molecule has 3 heteroatoms. The highest BCUT2D eigenvalue weighted by Gasteiger charge is 1.96. The average molecular weight is 178 g/mol. The summed E-state index contributed by atoms with van der Waals surface area (Å²) in [7, 11) is 1.65. The van der Waals surface area contributed by atoms with Gasteiger partial charge in [-0.25, -0.2) is 0 Å². The summed E-state index contributed by atoms with van der Waals surface area (Å²) in [6.45, 7) is 0. The molecule has 0 aromatic carbocycles. The maximum atomic E-state index is 12.3. The second kappa shape index (κ2) is 1.90. The van der Waals surface area contributed by atoms with Crippen molar-refractivity contribution >= 4 is 15.9 Å². The topological polar surface area (TPSA) is 4.93 Å². The highest BCUT2D eigenvalue weighted by Crippen LogP contribution is 2.10. The van der Waals surface area contributed by atoms with Crippen LogP contribution in [0.1, 0.15) is 0 Å². The van der Waals surface area contributed by atoms with Gasteiger partial charge in [0.2, 0.25) is 0 Å². The molecule has 0 saturated heterocycles. The van der Waals surface area contributed by atoms with Crippen molar-refractivity contribution in [3.63, 3.8) is 0 Å². The second-order valence-electron chi connectivity index (χ2n) is 1.54. The van der Waals surface area contributed by atoms with Gasteiger partial charge in [-0.05, 0) is 28.1 Å². The molecule has 1 aromatic heterocycles. The number of hydrogen-bond acceptors (Lipinski definition) is 0. The fourth-order valence-corrected chi connectivity index (χ4v) is 0.765. The number of aromatic nitrogens is 1. The molecule has 0 N–H and O–H groups in total. The number of halogens is 2. The molecule has 0 unspecified atom stereocenters. The van der Waals surface area contributed by atoms with Crippen LogP contribution in [0, 0.1) is 5.95 Å². The lowest BCUT2D eigenvalue weighted by Gasteiger charge is -1.91. The fourth-order valence-electron chi connectivity index (χ4n) is 0.463. The van der Waals surface area contributed by atoms with Crippen LogP contribution in [0.15, 0.2) is 16.7 Å². The monoisotopic (exact) mass is 177 g/mol. The first-order valence-electron chi connectivity index (χ1n) is 2.18. The van der Waals surface area contributed by atoms with Crippen LogP contribution in [0.4, 0.5) is 4.39 Å². The third-order valence-electron chi connectivity index (χ3n) is 0.999. The molecule has 0 bridgehead atoms. The van der Waals surface area contributed by atoms with Crippen LogP contribution in [-0.4, -0.2) is 4.57 Å². The Balaban J connectivity index is 3.19. The predicted molar refractivity (Wildman–Crippen MR) is 33.1 cm³/mol. The molecule has 1 rings (SSSR count). The molecule has 0 fully saturated rings. The van der Waals surface area contributed by atoms with Crippen LogP contribution in [-0.2, 0) is 7.05 Å². The van der Waals surface area contributed by atoms with Crippen molar-refractivity contribution in [3.8, 4) is 0 Å². The maximum absolute atomic E-state index is 12.3. The summed E-state index contributed by atoms with van der Waals surface area (Å²) in [4.78, 5) is 0. The molecule has 0 amide bonds. The normalized spacial score (nSPS) is 9.88. The lowest BCUT2D eigenvalue weighted by molar-refractivity contribution is 0.531. The van der Waals surface area contributed by atoms with Crippen molar-refractivity contribution < 1.29 is 4.39 Å². The average Bonchev–Trinajstić information content (AvgIpc) is 1.98. The summed E-state index contributed by atoms with van der Waals surface area (Å²) in [5, 5.41) is 0. The van der Waals surface area contributed by atoms with Gasteiger partial charge < -0.3 is 4.57 Å². The van der Waals surface area contributed by atoms with E-state index in [2.05, 4.69) is 15.9 Å². The van der Waals surface area contributed by atoms with E-state index in [9.17, 15) is 4.39 Å². The van der Waals surface area contributed by atoms with E-state index in [1.54, 1.807) is 13.1 Å². The Labute approximate surface area is 55.2 Å². The number of rotatable bonds is 0. The quantitative estimate of drug-likeness (QED) is 0.571. The van der Waals surface area contributed by atoms with Crippen molar-refractivity contribution in [2.75, 3.05) is 0 Å². The summed E-state index contributed by atoms with van der Waals surface area (Å²) in [5.74, 6) is -0.225. The molecule has 44 valence electrons. The van der Waals surface area contributed by atoms with E-state index in [0.717, 1.165) is 4.60 Å². The van der Waals surface area contributed by atoms with E-state index < -0.39 is 0 Å². The molecule has 0 aliphatic rings. The van der Waals surface area contributed by atoms with E-state index >= 15 is 0 Å². The van der Waals surface area contributed by atoms with Crippen LogP contribution in [0.25, 0.3) is 0 Å². The molecule has 0 aliphatic carbocycles. The zero-order valence-electron chi connectivity index (χ0n) is 4.36. The van der Waals surface area contributed by atoms with E-state index in [1.165, 1.54) is 10.6 Å². The molecule has 1 heterocycles. The van der Waals surface area contributed by atoms with Crippen LogP contribution in [0.5, 0.6) is 0 Å². The molecule has 0 aliphatic heterocycles. The van der Waals surface area contributed by atoms with Gasteiger partial charge in [0.15, 0.2) is 5.95 Å². The minimum atomic E-state index is -0.225. The van der Waals surface area contributed by atoms with Gasteiger partial charge in [0, 0.05) is 7.05 Å². The summed E-state index contributed by atoms with van der Waals surface area (Å²) >= 11 is 3.14. The van der Waals surface area contributed by atoms with Gasteiger partial charge >= 0.3 is 0 Å². The Morgan fingerprint density at radius 2 is 2.25 bits per heavy atom. The maximum Gasteiger partial charge on any atom is 0.194 e. The van der Waals surface area contributed by atoms with E-state index in [1.807, 2.05) is 0 Å². The molecule has 0 spiro atoms. The molecule has 1 aromatic rings. The summed E-state index contributed by atoms with van der Waals surface area (Å²) in [6.07, 6.45) is 0. The lowest BCUT2D eigenvalue weighted by Crippen LogP contribution is -1.89. The van der Waals surface area contributed by atoms with Gasteiger partial charge in [-0.1, -0.05) is 0 Å². The van der Waals surface area contributed by atoms with E-state index in [-0.39, 0.29) is 5.95 Å². The van der Waals surface area contributed by atoms with E-state index in [0.29, 0.717) is 0 Å². The molecule has 8 heavy (non-hydrogen) atoms. The second-order valence-corrected chi connectivity index (χ2v) is 2.35. The first kappa shape index (κ1) is 5.82. The molecule has 0 atom stereocenters. The van der Waals surface area contributed by atoms with Crippen molar-refractivity contribution in [1.82, 2.24) is 4.57 Å². The highest BCUT2D eigenvalue weighted by atomic mass is 79.9. The number of hydrogen-bond donors (Lipinski definition) is 0. The van der Waals surface area contributed by atoms with Gasteiger partial charge in [-0.3, -0.25) is 0 Å². The summed E-state index contributed by atoms with van der Waals surface area (Å²) in [6, 6.07) is 3.07. The molecular formula is C5H5BrFN. The summed E-state index contributed by atoms with van der Waals surface area (Å²) in [5.41, 5.74) is 0. The zero-order chi connectivity index (χ0) is 6.15. The summed E-state index contributed by atoms with van der Waals surface area (Å²) < 4.78 is 14.4. The highest BCUT2D eigenvalue weighted by molar-refractivity contribution is 9.10. The zero-order valence-corrected chi connectivity index (χ0v) is 5.94. The molecule has 1 nitrogen and oxygen atoms in total. The van der Waals surface area contributed by atoms with Gasteiger partial charge in [0.05, 0.1) is 4.60 Å². The van der Waals surface area contributed by atoms with Gasteiger partial charge in [0.1, 0.15) is 0 Å². The standard InChI is InChI=1S/C5H5BrFN/c1-8-4(6)2-3-5(8)7/h2-3H,1H3. The Morgan fingerprint density at radius 3 is 2.38 bits per heavy atom. The van der Waals surface area contributed by atoms with Crippen LogP contribution in [0.2, 0.25) is 0 Å². The van der Waals surface area contributed by atoms with Crippen molar-refractivity contribution in [1.29, 1.82) is 0 Å². The molecule has 0 saturated carbocycles.